The number of nitrogens with zero attached hydrogens (tertiary/aromatic N) is 2. The van der Waals surface area contributed by atoms with Crippen LogP contribution in [0.5, 0.6) is 0 Å². The molecule has 1 saturated heterocycles. The molecule has 0 radical (unpaired) electrons. The lowest BCUT2D eigenvalue weighted by atomic mass is 9.75. The van der Waals surface area contributed by atoms with E-state index >= 15 is 0 Å². The minimum absolute atomic E-state index is 0.0314. The Labute approximate surface area is 142 Å². The van der Waals surface area contributed by atoms with Gasteiger partial charge in [-0.1, -0.05) is 6.42 Å². The number of rotatable bonds is 5. The topological polar surface area (TPSA) is 73.2 Å². The van der Waals surface area contributed by atoms with Gasteiger partial charge in [-0.05, 0) is 52.0 Å². The van der Waals surface area contributed by atoms with Gasteiger partial charge < -0.3 is 10.1 Å². The molecular formula is C18H27N3O3. The number of carbonyl (C=O) groups is 2. The van der Waals surface area contributed by atoms with Crippen LogP contribution in [-0.4, -0.2) is 33.8 Å². The third kappa shape index (κ3) is 3.47. The molecule has 24 heavy (non-hydrogen) atoms. The number of aromatic nitrogens is 2. The van der Waals surface area contributed by atoms with Crippen LogP contribution >= 0.6 is 0 Å². The average Bonchev–Trinajstić information content (AvgIpc) is 3.03. The zero-order valence-corrected chi connectivity index (χ0v) is 14.6. The van der Waals surface area contributed by atoms with Crippen LogP contribution in [0.3, 0.4) is 0 Å². The van der Waals surface area contributed by atoms with Crippen molar-refractivity contribution in [3.8, 4) is 0 Å². The largest absolute Gasteiger partial charge is 0.458 e. The van der Waals surface area contributed by atoms with Crippen LogP contribution in [-0.2, 0) is 20.9 Å². The second-order valence-corrected chi connectivity index (χ2v) is 7.15. The smallest absolute Gasteiger partial charge is 0.307 e. The normalized spacial score (nSPS) is 22.6. The van der Waals surface area contributed by atoms with Crippen LogP contribution in [0.4, 0.5) is 0 Å². The lowest BCUT2D eigenvalue weighted by molar-refractivity contribution is -0.153. The monoisotopic (exact) mass is 333 g/mol. The Hall–Kier alpha value is -1.85. The van der Waals surface area contributed by atoms with Gasteiger partial charge in [-0.15, -0.1) is 0 Å². The Morgan fingerprint density at radius 1 is 1.38 bits per heavy atom. The Balaban J connectivity index is 1.50. The molecule has 6 nitrogen and oxygen atoms in total. The molecule has 1 aliphatic heterocycles. The summed E-state index contributed by atoms with van der Waals surface area (Å²) in [5, 5.41) is 7.42. The molecule has 2 heterocycles. The number of nitrogens with one attached hydrogen (secondary N) is 1. The summed E-state index contributed by atoms with van der Waals surface area (Å²) in [6.45, 7) is 5.39. The first-order valence-electron chi connectivity index (χ1n) is 9.01. The predicted molar refractivity (Wildman–Crippen MR) is 89.3 cm³/mol. The summed E-state index contributed by atoms with van der Waals surface area (Å²) in [5.41, 5.74) is 1.61. The summed E-state index contributed by atoms with van der Waals surface area (Å²) in [6.07, 6.45) is 5.93. The number of aryl methyl sites for hydroxylation is 3. The van der Waals surface area contributed by atoms with Gasteiger partial charge in [-0.25, -0.2) is 0 Å². The van der Waals surface area contributed by atoms with E-state index in [-0.39, 0.29) is 24.2 Å². The number of esters is 1. The van der Waals surface area contributed by atoms with Crippen molar-refractivity contribution in [3.05, 3.63) is 17.5 Å². The van der Waals surface area contributed by atoms with Crippen molar-refractivity contribution < 1.29 is 14.3 Å². The number of ether oxygens (including phenoxy) is 1. The SMILES string of the molecule is Cc1cc(C)n(CCCNC(=O)[C@H]2CC(=O)OC23CCCCC3)n1. The van der Waals surface area contributed by atoms with Crippen molar-refractivity contribution >= 4 is 11.9 Å². The van der Waals surface area contributed by atoms with Gasteiger partial charge in [0.25, 0.3) is 0 Å². The van der Waals surface area contributed by atoms with Gasteiger partial charge in [-0.2, -0.15) is 5.10 Å². The highest BCUT2D eigenvalue weighted by molar-refractivity contribution is 5.87. The van der Waals surface area contributed by atoms with Gasteiger partial charge in [-0.3, -0.25) is 14.3 Å². The summed E-state index contributed by atoms with van der Waals surface area (Å²) in [7, 11) is 0. The molecule has 2 aliphatic rings. The summed E-state index contributed by atoms with van der Waals surface area (Å²) in [4.78, 5) is 24.4. The number of hydrogen-bond acceptors (Lipinski definition) is 4. The second-order valence-electron chi connectivity index (χ2n) is 7.15. The molecule has 1 aliphatic carbocycles. The van der Waals surface area contributed by atoms with Crippen LogP contribution in [0.1, 0.15) is 56.3 Å². The molecule has 6 heteroatoms. The van der Waals surface area contributed by atoms with Gasteiger partial charge in [0.05, 0.1) is 18.0 Å². The minimum Gasteiger partial charge on any atom is -0.458 e. The van der Waals surface area contributed by atoms with E-state index < -0.39 is 5.60 Å². The van der Waals surface area contributed by atoms with Crippen LogP contribution in [0.25, 0.3) is 0 Å². The maximum absolute atomic E-state index is 12.6. The first-order valence-corrected chi connectivity index (χ1v) is 9.01. The van der Waals surface area contributed by atoms with Gasteiger partial charge in [0, 0.05) is 18.8 Å². The molecule has 1 atom stereocenters. The van der Waals surface area contributed by atoms with Crippen LogP contribution < -0.4 is 5.32 Å². The van der Waals surface area contributed by atoms with Crippen molar-refractivity contribution in [1.29, 1.82) is 0 Å². The molecule has 1 aromatic heterocycles. The van der Waals surface area contributed by atoms with Crippen molar-refractivity contribution in [1.82, 2.24) is 15.1 Å². The standard InChI is InChI=1S/C18H27N3O3/c1-13-11-14(2)21(20-13)10-6-9-19-17(23)15-12-16(22)24-18(15)7-4-3-5-8-18/h11,15H,3-10,12H2,1-2H3,(H,19,23)/t15-/m1/s1. The predicted octanol–water partition coefficient (Wildman–Crippen LogP) is 2.27. The number of hydrogen-bond donors (Lipinski definition) is 1. The maximum Gasteiger partial charge on any atom is 0.307 e. The molecule has 0 unspecified atom stereocenters. The fourth-order valence-corrected chi connectivity index (χ4v) is 4.09. The van der Waals surface area contributed by atoms with E-state index in [4.69, 9.17) is 4.74 Å². The molecule has 1 N–H and O–H groups in total. The molecule has 1 aromatic rings. The molecule has 1 amide bonds. The molecule has 0 bridgehead atoms. The van der Waals surface area contributed by atoms with E-state index in [0.29, 0.717) is 6.54 Å². The highest BCUT2D eigenvalue weighted by atomic mass is 16.6. The Bertz CT molecular complexity index is 617. The first-order chi connectivity index (χ1) is 11.5. The van der Waals surface area contributed by atoms with Gasteiger partial charge >= 0.3 is 5.97 Å². The molecule has 0 aromatic carbocycles. The maximum atomic E-state index is 12.6. The van der Waals surface area contributed by atoms with Gasteiger partial charge in [0.2, 0.25) is 5.91 Å². The fraction of sp³-hybridized carbons (Fsp3) is 0.722. The third-order valence-electron chi connectivity index (χ3n) is 5.29. The van der Waals surface area contributed by atoms with Gasteiger partial charge in [0.15, 0.2) is 0 Å². The van der Waals surface area contributed by atoms with Crippen molar-refractivity contribution in [2.24, 2.45) is 5.92 Å². The van der Waals surface area contributed by atoms with Crippen molar-refractivity contribution in [2.45, 2.75) is 70.9 Å². The Morgan fingerprint density at radius 2 is 2.12 bits per heavy atom. The fourth-order valence-electron chi connectivity index (χ4n) is 4.09. The van der Waals surface area contributed by atoms with Crippen LogP contribution in [0, 0.1) is 19.8 Å². The van der Waals surface area contributed by atoms with Crippen molar-refractivity contribution in [3.63, 3.8) is 0 Å². The quantitative estimate of drug-likeness (QED) is 0.663. The molecule has 1 spiro atoms. The van der Waals surface area contributed by atoms with Gasteiger partial charge in [0.1, 0.15) is 5.60 Å². The van der Waals surface area contributed by atoms with Crippen molar-refractivity contribution in [2.75, 3.05) is 6.54 Å². The number of carbonyl (C=O) groups excluding carboxylic acids is 2. The molecule has 1 saturated carbocycles. The van der Waals surface area contributed by atoms with E-state index in [1.165, 1.54) is 0 Å². The molecule has 2 fully saturated rings. The van der Waals surface area contributed by atoms with E-state index in [2.05, 4.69) is 10.4 Å². The third-order valence-corrected chi connectivity index (χ3v) is 5.29. The lowest BCUT2D eigenvalue weighted by Gasteiger charge is -2.36. The minimum atomic E-state index is -0.533. The zero-order chi connectivity index (χ0) is 17.2. The van der Waals surface area contributed by atoms with E-state index in [1.54, 1.807) is 0 Å². The van der Waals surface area contributed by atoms with E-state index in [9.17, 15) is 9.59 Å². The van der Waals surface area contributed by atoms with E-state index in [1.807, 2.05) is 24.6 Å². The zero-order valence-electron chi connectivity index (χ0n) is 14.6. The second kappa shape index (κ2) is 6.95. The number of amides is 1. The Kier molecular flexibility index (Phi) is 4.92. The van der Waals surface area contributed by atoms with Crippen LogP contribution in [0.15, 0.2) is 6.07 Å². The lowest BCUT2D eigenvalue weighted by Crippen LogP contribution is -2.46. The highest BCUT2D eigenvalue weighted by Crippen LogP contribution is 2.44. The summed E-state index contributed by atoms with van der Waals surface area (Å²) in [6, 6.07) is 2.05. The molecule has 3 rings (SSSR count). The average molecular weight is 333 g/mol. The Morgan fingerprint density at radius 3 is 2.79 bits per heavy atom. The summed E-state index contributed by atoms with van der Waals surface area (Å²) < 4.78 is 7.57. The van der Waals surface area contributed by atoms with Crippen LogP contribution in [0.2, 0.25) is 0 Å². The van der Waals surface area contributed by atoms with E-state index in [0.717, 1.165) is 56.5 Å². The first kappa shape index (κ1) is 17.0. The molecule has 132 valence electrons. The highest BCUT2D eigenvalue weighted by Gasteiger charge is 2.52. The summed E-state index contributed by atoms with van der Waals surface area (Å²) >= 11 is 0. The molecular weight excluding hydrogens is 306 g/mol. The summed E-state index contributed by atoms with van der Waals surface area (Å²) in [5.74, 6) is -0.574.